The number of nitrogens with one attached hydrogen (secondary N) is 1. The van der Waals surface area contributed by atoms with Gasteiger partial charge in [-0.15, -0.1) is 0 Å². The maximum Gasteiger partial charge on any atom is 0.317 e. The van der Waals surface area contributed by atoms with Crippen molar-refractivity contribution in [3.05, 3.63) is 59.6 Å². The molecule has 2 amide bonds. The van der Waals surface area contributed by atoms with E-state index >= 15 is 0 Å². The number of likely N-dealkylation sites (tertiary alicyclic amines) is 1. The SMILES string of the molecule is CN(Cc1ccco1)C(=O)N[C@H]1CCN(C)[C@H]1c1ccc(F)c(F)c1. The van der Waals surface area contributed by atoms with E-state index in [9.17, 15) is 13.6 Å². The van der Waals surface area contributed by atoms with E-state index in [1.54, 1.807) is 31.5 Å². The van der Waals surface area contributed by atoms with Gasteiger partial charge in [-0.2, -0.15) is 0 Å². The minimum absolute atomic E-state index is 0.179. The van der Waals surface area contributed by atoms with Crippen LogP contribution in [0.1, 0.15) is 23.8 Å². The molecule has 1 N–H and O–H groups in total. The van der Waals surface area contributed by atoms with Gasteiger partial charge in [0.25, 0.3) is 0 Å². The van der Waals surface area contributed by atoms with Crippen LogP contribution in [0.3, 0.4) is 0 Å². The van der Waals surface area contributed by atoms with Crippen LogP contribution in [0.4, 0.5) is 13.6 Å². The Hall–Kier alpha value is -2.41. The Balaban J connectivity index is 1.69. The van der Waals surface area contributed by atoms with Gasteiger partial charge in [0, 0.05) is 13.6 Å². The summed E-state index contributed by atoms with van der Waals surface area (Å²) in [5.41, 5.74) is 0.651. The third-order valence-electron chi connectivity index (χ3n) is 4.56. The molecule has 0 saturated carbocycles. The molecular formula is C18H21F2N3O2. The number of carbonyl (C=O) groups is 1. The average Bonchev–Trinajstić information content (AvgIpc) is 3.20. The average molecular weight is 349 g/mol. The molecule has 2 aromatic rings. The van der Waals surface area contributed by atoms with Crippen LogP contribution in [0.5, 0.6) is 0 Å². The maximum absolute atomic E-state index is 13.6. The van der Waals surface area contributed by atoms with Crippen molar-refractivity contribution in [3.63, 3.8) is 0 Å². The van der Waals surface area contributed by atoms with E-state index in [0.29, 0.717) is 17.9 Å². The Labute approximate surface area is 145 Å². The summed E-state index contributed by atoms with van der Waals surface area (Å²) in [6, 6.07) is 6.86. The Morgan fingerprint density at radius 3 is 2.84 bits per heavy atom. The molecule has 25 heavy (non-hydrogen) atoms. The zero-order valence-electron chi connectivity index (χ0n) is 14.2. The Bertz CT molecular complexity index is 736. The van der Waals surface area contributed by atoms with Gasteiger partial charge in [0.1, 0.15) is 5.76 Å². The highest BCUT2D eigenvalue weighted by Crippen LogP contribution is 2.31. The van der Waals surface area contributed by atoms with Gasteiger partial charge in [0.15, 0.2) is 11.6 Å². The lowest BCUT2D eigenvalue weighted by atomic mass is 10.00. The first-order chi connectivity index (χ1) is 12.0. The van der Waals surface area contributed by atoms with Gasteiger partial charge in [-0.25, -0.2) is 13.6 Å². The predicted octanol–water partition coefficient (Wildman–Crippen LogP) is 3.14. The van der Waals surface area contributed by atoms with Gasteiger partial charge in [-0.05, 0) is 43.3 Å². The van der Waals surface area contributed by atoms with Crippen molar-refractivity contribution in [1.82, 2.24) is 15.1 Å². The van der Waals surface area contributed by atoms with Gasteiger partial charge in [0.05, 0.1) is 24.9 Å². The standard InChI is InChI=1S/C18H21F2N3O2/c1-22-8-7-16(17(22)12-5-6-14(19)15(20)10-12)21-18(24)23(2)11-13-4-3-9-25-13/h3-6,9-10,16-17H,7-8,11H2,1-2H3,(H,21,24)/t16-,17-/m0/s1. The van der Waals surface area contributed by atoms with Crippen molar-refractivity contribution < 1.29 is 18.0 Å². The number of rotatable bonds is 4. The van der Waals surface area contributed by atoms with Gasteiger partial charge in [0.2, 0.25) is 0 Å². The quantitative estimate of drug-likeness (QED) is 0.923. The summed E-state index contributed by atoms with van der Waals surface area (Å²) >= 11 is 0. The van der Waals surface area contributed by atoms with Crippen molar-refractivity contribution in [2.75, 3.05) is 20.6 Å². The zero-order chi connectivity index (χ0) is 18.0. The van der Waals surface area contributed by atoms with Gasteiger partial charge < -0.3 is 14.6 Å². The molecule has 7 heteroatoms. The first-order valence-electron chi connectivity index (χ1n) is 8.15. The summed E-state index contributed by atoms with van der Waals surface area (Å²) in [5.74, 6) is -1.06. The Morgan fingerprint density at radius 2 is 2.16 bits per heavy atom. The third-order valence-corrected chi connectivity index (χ3v) is 4.56. The zero-order valence-corrected chi connectivity index (χ0v) is 14.2. The molecular weight excluding hydrogens is 328 g/mol. The van der Waals surface area contributed by atoms with E-state index in [0.717, 1.165) is 19.0 Å². The number of furan rings is 1. The molecule has 1 aromatic heterocycles. The number of benzene rings is 1. The molecule has 2 heterocycles. The predicted molar refractivity (Wildman–Crippen MR) is 88.8 cm³/mol. The largest absolute Gasteiger partial charge is 0.467 e. The van der Waals surface area contributed by atoms with Crippen LogP contribution in [0.25, 0.3) is 0 Å². The van der Waals surface area contributed by atoms with Crippen molar-refractivity contribution in [3.8, 4) is 0 Å². The summed E-state index contributed by atoms with van der Waals surface area (Å²) < 4.78 is 32.0. The van der Waals surface area contributed by atoms with Crippen molar-refractivity contribution in [2.24, 2.45) is 0 Å². The summed E-state index contributed by atoms with van der Waals surface area (Å²) in [6.45, 7) is 1.12. The van der Waals surface area contributed by atoms with Gasteiger partial charge in [-0.3, -0.25) is 4.90 Å². The van der Waals surface area contributed by atoms with Crippen LogP contribution in [-0.2, 0) is 6.54 Å². The van der Waals surface area contributed by atoms with E-state index in [-0.39, 0.29) is 18.1 Å². The molecule has 0 bridgehead atoms. The number of carbonyl (C=O) groups excluding carboxylic acids is 1. The molecule has 1 fully saturated rings. The molecule has 1 aliphatic heterocycles. The lowest BCUT2D eigenvalue weighted by molar-refractivity contribution is 0.194. The summed E-state index contributed by atoms with van der Waals surface area (Å²) in [6.07, 6.45) is 2.30. The number of hydrogen-bond donors (Lipinski definition) is 1. The van der Waals surface area contributed by atoms with Crippen LogP contribution < -0.4 is 5.32 Å². The second-order valence-electron chi connectivity index (χ2n) is 6.38. The van der Waals surface area contributed by atoms with Gasteiger partial charge >= 0.3 is 6.03 Å². The van der Waals surface area contributed by atoms with E-state index < -0.39 is 11.6 Å². The fraction of sp³-hybridized carbons (Fsp3) is 0.389. The first kappa shape index (κ1) is 17.4. The third kappa shape index (κ3) is 3.82. The highest BCUT2D eigenvalue weighted by molar-refractivity contribution is 5.74. The van der Waals surface area contributed by atoms with E-state index in [4.69, 9.17) is 4.42 Å². The highest BCUT2D eigenvalue weighted by atomic mass is 19.2. The summed E-state index contributed by atoms with van der Waals surface area (Å²) in [5, 5.41) is 2.99. The number of halogens is 2. The lowest BCUT2D eigenvalue weighted by Gasteiger charge is -2.28. The second-order valence-corrected chi connectivity index (χ2v) is 6.38. The monoisotopic (exact) mass is 349 g/mol. The molecule has 1 aromatic carbocycles. The number of likely N-dealkylation sites (N-methyl/N-ethyl adjacent to an activating group) is 1. The first-order valence-corrected chi connectivity index (χ1v) is 8.15. The van der Waals surface area contributed by atoms with E-state index in [2.05, 4.69) is 5.32 Å². The molecule has 3 rings (SSSR count). The van der Waals surface area contributed by atoms with E-state index in [1.165, 1.54) is 11.0 Å². The van der Waals surface area contributed by atoms with Crippen LogP contribution >= 0.6 is 0 Å². The van der Waals surface area contributed by atoms with Crippen molar-refractivity contribution >= 4 is 6.03 Å². The number of amides is 2. The van der Waals surface area contributed by atoms with Crippen LogP contribution in [0.15, 0.2) is 41.0 Å². The fourth-order valence-electron chi connectivity index (χ4n) is 3.26. The number of nitrogens with zero attached hydrogens (tertiary/aromatic N) is 2. The minimum atomic E-state index is -0.877. The van der Waals surface area contributed by atoms with Crippen molar-refractivity contribution in [2.45, 2.75) is 25.0 Å². The second kappa shape index (κ2) is 7.23. The number of urea groups is 1. The molecule has 0 aliphatic carbocycles. The highest BCUT2D eigenvalue weighted by Gasteiger charge is 2.35. The normalized spacial score (nSPS) is 20.6. The van der Waals surface area contributed by atoms with Crippen LogP contribution in [0, 0.1) is 11.6 Å². The Morgan fingerprint density at radius 1 is 1.36 bits per heavy atom. The van der Waals surface area contributed by atoms with Crippen LogP contribution in [-0.4, -0.2) is 42.5 Å². The minimum Gasteiger partial charge on any atom is -0.467 e. The Kier molecular flexibility index (Phi) is 5.03. The molecule has 2 atom stereocenters. The van der Waals surface area contributed by atoms with Crippen LogP contribution in [0.2, 0.25) is 0 Å². The molecule has 1 aliphatic rings. The summed E-state index contributed by atoms with van der Waals surface area (Å²) in [4.78, 5) is 16.0. The van der Waals surface area contributed by atoms with E-state index in [1.807, 2.05) is 11.9 Å². The number of hydrogen-bond acceptors (Lipinski definition) is 3. The molecule has 0 radical (unpaired) electrons. The van der Waals surface area contributed by atoms with Gasteiger partial charge in [-0.1, -0.05) is 6.07 Å². The summed E-state index contributed by atoms with van der Waals surface area (Å²) in [7, 11) is 3.59. The topological polar surface area (TPSA) is 48.7 Å². The van der Waals surface area contributed by atoms with Crippen molar-refractivity contribution in [1.29, 1.82) is 0 Å². The maximum atomic E-state index is 13.6. The fourth-order valence-corrected chi connectivity index (χ4v) is 3.26. The molecule has 0 unspecified atom stereocenters. The molecule has 0 spiro atoms. The molecule has 134 valence electrons. The lowest BCUT2D eigenvalue weighted by Crippen LogP contribution is -2.44. The smallest absolute Gasteiger partial charge is 0.317 e. The molecule has 5 nitrogen and oxygen atoms in total. The molecule has 1 saturated heterocycles.